The summed E-state index contributed by atoms with van der Waals surface area (Å²) in [5.74, 6) is -0.156. The highest BCUT2D eigenvalue weighted by atomic mass is 35.5. The normalized spacial score (nSPS) is 14.6. The first kappa shape index (κ1) is 19.1. The maximum absolute atomic E-state index is 12.6. The molecule has 3 N–H and O–H groups in total. The van der Waals surface area contributed by atoms with Crippen LogP contribution in [0.2, 0.25) is 0 Å². The van der Waals surface area contributed by atoms with Crippen LogP contribution in [0.4, 0.5) is 14.5 Å². The number of anilines is 1. The molecule has 1 saturated carbocycles. The molecular formula is C18H19ClF2N2O2. The van der Waals surface area contributed by atoms with Crippen molar-refractivity contribution in [3.05, 3.63) is 59.7 Å². The minimum absolute atomic E-state index is 0. The van der Waals surface area contributed by atoms with Crippen molar-refractivity contribution in [3.8, 4) is 5.75 Å². The van der Waals surface area contributed by atoms with Gasteiger partial charge in [-0.05, 0) is 36.6 Å². The van der Waals surface area contributed by atoms with Crippen molar-refractivity contribution >= 4 is 24.0 Å². The Hall–Kier alpha value is -2.18. The van der Waals surface area contributed by atoms with Gasteiger partial charge in [-0.1, -0.05) is 30.3 Å². The van der Waals surface area contributed by atoms with Gasteiger partial charge >= 0.3 is 6.61 Å². The minimum atomic E-state index is -2.90. The SMILES string of the molecule is Cl.NC1(C(=O)Nc2ccc(OC(F)F)c(Cc3ccccc3)c2)CC1. The Morgan fingerprint density at radius 2 is 1.88 bits per heavy atom. The molecule has 0 saturated heterocycles. The first-order valence-corrected chi connectivity index (χ1v) is 7.68. The number of amides is 1. The summed E-state index contributed by atoms with van der Waals surface area (Å²) in [6.45, 7) is -2.90. The molecule has 2 aromatic carbocycles. The highest BCUT2D eigenvalue weighted by Gasteiger charge is 2.45. The molecular weight excluding hydrogens is 350 g/mol. The average molecular weight is 369 g/mol. The molecule has 0 bridgehead atoms. The number of ether oxygens (including phenoxy) is 1. The van der Waals surface area contributed by atoms with Gasteiger partial charge in [-0.3, -0.25) is 4.79 Å². The molecule has 134 valence electrons. The van der Waals surface area contributed by atoms with Crippen LogP contribution < -0.4 is 15.8 Å². The summed E-state index contributed by atoms with van der Waals surface area (Å²) < 4.78 is 29.8. The molecule has 1 amide bonds. The summed E-state index contributed by atoms with van der Waals surface area (Å²) in [6.07, 6.45) is 1.73. The van der Waals surface area contributed by atoms with E-state index in [9.17, 15) is 13.6 Å². The molecule has 0 aromatic heterocycles. The van der Waals surface area contributed by atoms with Crippen LogP contribution in [0.5, 0.6) is 5.75 Å². The number of nitrogens with one attached hydrogen (secondary N) is 1. The van der Waals surface area contributed by atoms with Crippen molar-refractivity contribution in [2.45, 2.75) is 31.4 Å². The van der Waals surface area contributed by atoms with Gasteiger partial charge in [0.25, 0.3) is 0 Å². The second-order valence-corrected chi connectivity index (χ2v) is 5.97. The highest BCUT2D eigenvalue weighted by Crippen LogP contribution is 2.34. The average Bonchev–Trinajstić information content (AvgIpc) is 3.30. The fraction of sp³-hybridized carbons (Fsp3) is 0.278. The third-order valence-corrected chi connectivity index (χ3v) is 4.01. The molecule has 4 nitrogen and oxygen atoms in total. The van der Waals surface area contributed by atoms with E-state index >= 15 is 0 Å². The number of benzene rings is 2. The van der Waals surface area contributed by atoms with Crippen molar-refractivity contribution in [1.82, 2.24) is 0 Å². The standard InChI is InChI=1S/C18H18F2N2O2.ClH/c19-17(20)24-15-7-6-14(22-16(23)18(21)8-9-18)11-13(15)10-12-4-2-1-3-5-12;/h1-7,11,17H,8-10,21H2,(H,22,23);1H. The fourth-order valence-corrected chi connectivity index (χ4v) is 2.44. The van der Waals surface area contributed by atoms with E-state index in [1.54, 1.807) is 6.07 Å². The van der Waals surface area contributed by atoms with Gasteiger partial charge in [-0.2, -0.15) is 8.78 Å². The van der Waals surface area contributed by atoms with Gasteiger partial charge in [0, 0.05) is 17.7 Å². The van der Waals surface area contributed by atoms with Gasteiger partial charge in [0.15, 0.2) is 0 Å². The van der Waals surface area contributed by atoms with E-state index in [0.717, 1.165) is 5.56 Å². The maximum Gasteiger partial charge on any atom is 0.387 e. The van der Waals surface area contributed by atoms with E-state index in [1.807, 2.05) is 30.3 Å². The number of nitrogens with two attached hydrogens (primary N) is 1. The number of alkyl halides is 2. The third-order valence-electron chi connectivity index (χ3n) is 4.01. The van der Waals surface area contributed by atoms with Crippen molar-refractivity contribution in [2.75, 3.05) is 5.32 Å². The third kappa shape index (κ3) is 4.90. The number of hydrogen-bond acceptors (Lipinski definition) is 3. The van der Waals surface area contributed by atoms with Gasteiger partial charge in [0.1, 0.15) is 5.75 Å². The molecule has 7 heteroatoms. The summed E-state index contributed by atoms with van der Waals surface area (Å²) in [4.78, 5) is 12.0. The van der Waals surface area contributed by atoms with Crippen LogP contribution in [-0.4, -0.2) is 18.1 Å². The number of rotatable bonds is 6. The zero-order valence-corrected chi connectivity index (χ0v) is 14.2. The fourth-order valence-electron chi connectivity index (χ4n) is 2.44. The van der Waals surface area contributed by atoms with Crippen molar-refractivity contribution in [1.29, 1.82) is 0 Å². The van der Waals surface area contributed by atoms with E-state index in [4.69, 9.17) is 5.73 Å². The Labute approximate surface area is 150 Å². The lowest BCUT2D eigenvalue weighted by Gasteiger charge is -2.15. The van der Waals surface area contributed by atoms with E-state index in [2.05, 4.69) is 10.1 Å². The van der Waals surface area contributed by atoms with Crippen LogP contribution in [-0.2, 0) is 11.2 Å². The Morgan fingerprint density at radius 3 is 2.48 bits per heavy atom. The monoisotopic (exact) mass is 368 g/mol. The predicted octanol–water partition coefficient (Wildman–Crippen LogP) is 3.73. The summed E-state index contributed by atoms with van der Waals surface area (Å²) >= 11 is 0. The van der Waals surface area contributed by atoms with Crippen LogP contribution in [0.1, 0.15) is 24.0 Å². The molecule has 0 unspecified atom stereocenters. The maximum atomic E-state index is 12.6. The Kier molecular flexibility index (Phi) is 5.98. The Bertz CT molecular complexity index is 737. The summed E-state index contributed by atoms with van der Waals surface area (Å²) in [5, 5.41) is 2.74. The smallest absolute Gasteiger partial charge is 0.387 e. The van der Waals surface area contributed by atoms with Crippen molar-refractivity contribution in [2.24, 2.45) is 5.73 Å². The molecule has 1 fully saturated rings. The van der Waals surface area contributed by atoms with Crippen LogP contribution in [0, 0.1) is 0 Å². The summed E-state index contributed by atoms with van der Waals surface area (Å²) in [7, 11) is 0. The van der Waals surface area contributed by atoms with Crippen LogP contribution in [0.3, 0.4) is 0 Å². The summed E-state index contributed by atoms with van der Waals surface area (Å²) in [5.41, 5.74) is 7.11. The molecule has 25 heavy (non-hydrogen) atoms. The number of carbonyl (C=O) groups is 1. The number of halogens is 3. The second-order valence-electron chi connectivity index (χ2n) is 5.97. The lowest BCUT2D eigenvalue weighted by Crippen LogP contribution is -2.37. The quantitative estimate of drug-likeness (QED) is 0.816. The zero-order valence-electron chi connectivity index (χ0n) is 13.4. The molecule has 1 aliphatic carbocycles. The lowest BCUT2D eigenvalue weighted by molar-refractivity contribution is -0.118. The predicted molar refractivity (Wildman–Crippen MR) is 94.4 cm³/mol. The topological polar surface area (TPSA) is 64.4 Å². The molecule has 0 atom stereocenters. The minimum Gasteiger partial charge on any atom is -0.435 e. The van der Waals surface area contributed by atoms with Crippen LogP contribution in [0.25, 0.3) is 0 Å². The number of hydrogen-bond donors (Lipinski definition) is 2. The molecule has 2 aromatic rings. The Morgan fingerprint density at radius 1 is 1.20 bits per heavy atom. The first-order valence-electron chi connectivity index (χ1n) is 7.68. The molecule has 3 rings (SSSR count). The van der Waals surface area contributed by atoms with Crippen LogP contribution in [0.15, 0.2) is 48.5 Å². The van der Waals surface area contributed by atoms with Crippen molar-refractivity contribution in [3.63, 3.8) is 0 Å². The first-order chi connectivity index (χ1) is 11.5. The van der Waals surface area contributed by atoms with Crippen LogP contribution >= 0.6 is 12.4 Å². The molecule has 0 aliphatic heterocycles. The van der Waals surface area contributed by atoms with Gasteiger partial charge in [0.05, 0.1) is 5.54 Å². The zero-order chi connectivity index (χ0) is 17.2. The lowest BCUT2D eigenvalue weighted by atomic mass is 10.0. The Balaban J connectivity index is 0.00000225. The largest absolute Gasteiger partial charge is 0.435 e. The molecule has 0 heterocycles. The van der Waals surface area contributed by atoms with Gasteiger partial charge in [-0.25, -0.2) is 0 Å². The second kappa shape index (κ2) is 7.80. The van der Waals surface area contributed by atoms with E-state index in [1.165, 1.54) is 12.1 Å². The summed E-state index contributed by atoms with van der Waals surface area (Å²) in [6, 6.07) is 14.1. The highest BCUT2D eigenvalue weighted by molar-refractivity contribution is 6.00. The van der Waals surface area contributed by atoms with Gasteiger partial charge in [-0.15, -0.1) is 12.4 Å². The van der Waals surface area contributed by atoms with Gasteiger partial charge in [0.2, 0.25) is 5.91 Å². The number of carbonyl (C=O) groups excluding carboxylic acids is 1. The molecule has 1 aliphatic rings. The van der Waals surface area contributed by atoms with E-state index in [0.29, 0.717) is 30.5 Å². The van der Waals surface area contributed by atoms with Gasteiger partial charge < -0.3 is 15.8 Å². The van der Waals surface area contributed by atoms with E-state index in [-0.39, 0.29) is 24.1 Å². The molecule has 0 radical (unpaired) electrons. The van der Waals surface area contributed by atoms with Crippen molar-refractivity contribution < 1.29 is 18.3 Å². The van der Waals surface area contributed by atoms with E-state index < -0.39 is 12.2 Å². The molecule has 0 spiro atoms.